The van der Waals surface area contributed by atoms with Gasteiger partial charge in [0.25, 0.3) is 5.72 Å². The monoisotopic (exact) mass is 254 g/mol. The SMILES string of the molecule is CC(C)(C)c1ccc2c(c1)C(C)(O)[n+]1ccccc1-2. The van der Waals surface area contributed by atoms with Gasteiger partial charge in [0.15, 0.2) is 6.20 Å². The number of hydrogen-bond donors (Lipinski definition) is 1. The lowest BCUT2D eigenvalue weighted by atomic mass is 9.84. The minimum absolute atomic E-state index is 0.0878. The van der Waals surface area contributed by atoms with Gasteiger partial charge in [-0.25, -0.2) is 0 Å². The Morgan fingerprint density at radius 2 is 1.84 bits per heavy atom. The van der Waals surface area contributed by atoms with E-state index in [1.807, 2.05) is 29.8 Å². The zero-order chi connectivity index (χ0) is 13.8. The number of pyridine rings is 1. The van der Waals surface area contributed by atoms with Gasteiger partial charge in [0, 0.05) is 19.1 Å². The molecule has 0 radical (unpaired) electrons. The molecule has 19 heavy (non-hydrogen) atoms. The van der Waals surface area contributed by atoms with Crippen LogP contribution in [0.25, 0.3) is 11.3 Å². The molecule has 1 aromatic heterocycles. The van der Waals surface area contributed by atoms with E-state index in [1.165, 1.54) is 5.56 Å². The maximum Gasteiger partial charge on any atom is 0.295 e. The van der Waals surface area contributed by atoms with Gasteiger partial charge in [-0.15, -0.1) is 0 Å². The van der Waals surface area contributed by atoms with Gasteiger partial charge < -0.3 is 5.11 Å². The Balaban J connectivity index is 2.27. The molecule has 0 bridgehead atoms. The molecule has 0 amide bonds. The Hall–Kier alpha value is -1.67. The first-order valence-corrected chi connectivity index (χ1v) is 6.71. The molecule has 2 aromatic rings. The minimum Gasteiger partial charge on any atom is -0.331 e. The first kappa shape index (κ1) is 12.4. The summed E-state index contributed by atoms with van der Waals surface area (Å²) in [5, 5.41) is 10.9. The highest BCUT2D eigenvalue weighted by atomic mass is 16.3. The van der Waals surface area contributed by atoms with E-state index in [0.717, 1.165) is 16.8 Å². The predicted molar refractivity (Wildman–Crippen MR) is 75.7 cm³/mol. The molecule has 1 N–H and O–H groups in total. The van der Waals surface area contributed by atoms with Crippen LogP contribution in [0.3, 0.4) is 0 Å². The van der Waals surface area contributed by atoms with Crippen LogP contribution in [0, 0.1) is 0 Å². The molecular weight excluding hydrogens is 234 g/mol. The zero-order valence-electron chi connectivity index (χ0n) is 11.9. The van der Waals surface area contributed by atoms with E-state index < -0.39 is 5.72 Å². The normalized spacial score (nSPS) is 21.1. The average Bonchev–Trinajstić information content (AvgIpc) is 2.58. The van der Waals surface area contributed by atoms with Gasteiger partial charge in [-0.1, -0.05) is 26.8 Å². The summed E-state index contributed by atoms with van der Waals surface area (Å²) >= 11 is 0. The third kappa shape index (κ3) is 1.71. The van der Waals surface area contributed by atoms with Crippen LogP contribution in [-0.2, 0) is 11.1 Å². The van der Waals surface area contributed by atoms with Crippen molar-refractivity contribution in [3.63, 3.8) is 0 Å². The summed E-state index contributed by atoms with van der Waals surface area (Å²) in [4.78, 5) is 0. The van der Waals surface area contributed by atoms with Crippen molar-refractivity contribution in [1.29, 1.82) is 0 Å². The standard InChI is InChI=1S/C17H20NO/c1-16(2,3)12-8-9-13-14(11-12)17(4,19)18-10-6-5-7-15(13)18/h5-11,19H,1-4H3/q+1. The van der Waals surface area contributed by atoms with Crippen LogP contribution in [0.2, 0.25) is 0 Å². The van der Waals surface area contributed by atoms with Crippen LogP contribution in [0.1, 0.15) is 38.8 Å². The van der Waals surface area contributed by atoms with Crippen LogP contribution in [-0.4, -0.2) is 5.11 Å². The minimum atomic E-state index is -0.965. The highest BCUT2D eigenvalue weighted by Crippen LogP contribution is 2.38. The van der Waals surface area contributed by atoms with Gasteiger partial charge in [-0.2, -0.15) is 4.57 Å². The number of aromatic nitrogens is 1. The van der Waals surface area contributed by atoms with Crippen LogP contribution in [0.15, 0.2) is 42.6 Å². The fourth-order valence-corrected chi connectivity index (χ4v) is 2.80. The summed E-state index contributed by atoms with van der Waals surface area (Å²) in [5.41, 5.74) is 3.56. The Morgan fingerprint density at radius 1 is 1.11 bits per heavy atom. The van der Waals surface area contributed by atoms with Crippen molar-refractivity contribution in [3.8, 4) is 11.3 Å². The quantitative estimate of drug-likeness (QED) is 0.718. The summed E-state index contributed by atoms with van der Waals surface area (Å²) in [5.74, 6) is 0. The van der Waals surface area contributed by atoms with E-state index in [4.69, 9.17) is 0 Å². The maximum atomic E-state index is 10.9. The number of benzene rings is 1. The van der Waals surface area contributed by atoms with E-state index in [2.05, 4.69) is 45.0 Å². The van der Waals surface area contributed by atoms with Crippen molar-refractivity contribution in [2.45, 2.75) is 38.8 Å². The topological polar surface area (TPSA) is 24.1 Å². The van der Waals surface area contributed by atoms with Gasteiger partial charge in [0.05, 0.1) is 11.1 Å². The van der Waals surface area contributed by atoms with E-state index in [1.54, 1.807) is 0 Å². The molecule has 0 aliphatic carbocycles. The molecular formula is C17H20NO+. The van der Waals surface area contributed by atoms with Crippen molar-refractivity contribution in [1.82, 2.24) is 0 Å². The summed E-state index contributed by atoms with van der Waals surface area (Å²) in [7, 11) is 0. The molecule has 98 valence electrons. The number of fused-ring (bicyclic) bond motifs is 3. The van der Waals surface area contributed by atoms with Crippen LogP contribution >= 0.6 is 0 Å². The molecule has 0 spiro atoms. The first-order chi connectivity index (χ1) is 8.82. The summed E-state index contributed by atoms with van der Waals surface area (Å²) in [6, 6.07) is 12.4. The van der Waals surface area contributed by atoms with Gasteiger partial charge >= 0.3 is 0 Å². The largest absolute Gasteiger partial charge is 0.331 e. The second-order valence-electron chi connectivity index (χ2n) is 6.49. The fraction of sp³-hybridized carbons (Fsp3) is 0.353. The highest BCUT2D eigenvalue weighted by molar-refractivity contribution is 5.66. The molecule has 3 rings (SSSR count). The van der Waals surface area contributed by atoms with E-state index in [0.29, 0.717) is 0 Å². The molecule has 2 heterocycles. The van der Waals surface area contributed by atoms with E-state index in [-0.39, 0.29) is 5.41 Å². The molecule has 1 unspecified atom stereocenters. The lowest BCUT2D eigenvalue weighted by molar-refractivity contribution is -0.776. The van der Waals surface area contributed by atoms with E-state index >= 15 is 0 Å². The Bertz CT molecular complexity index is 651. The molecule has 1 atom stereocenters. The second kappa shape index (κ2) is 3.67. The summed E-state index contributed by atoms with van der Waals surface area (Å²) < 4.78 is 1.93. The Morgan fingerprint density at radius 3 is 2.53 bits per heavy atom. The number of rotatable bonds is 0. The van der Waals surface area contributed by atoms with Gasteiger partial charge in [-0.05, 0) is 29.2 Å². The second-order valence-corrected chi connectivity index (χ2v) is 6.49. The predicted octanol–water partition coefficient (Wildman–Crippen LogP) is 2.97. The Kier molecular flexibility index (Phi) is 2.39. The third-order valence-corrected chi connectivity index (χ3v) is 4.00. The fourth-order valence-electron chi connectivity index (χ4n) is 2.80. The highest BCUT2D eigenvalue weighted by Gasteiger charge is 2.45. The van der Waals surface area contributed by atoms with Crippen LogP contribution in [0.5, 0.6) is 0 Å². The molecule has 2 heteroatoms. The molecule has 1 aliphatic rings. The van der Waals surface area contributed by atoms with Crippen molar-refractivity contribution in [2.24, 2.45) is 0 Å². The molecule has 1 aromatic carbocycles. The van der Waals surface area contributed by atoms with Gasteiger partial charge in [0.2, 0.25) is 5.69 Å². The first-order valence-electron chi connectivity index (χ1n) is 6.71. The number of nitrogens with zero attached hydrogens (tertiary/aromatic N) is 1. The summed E-state index contributed by atoms with van der Waals surface area (Å²) in [6.07, 6.45) is 1.94. The zero-order valence-corrected chi connectivity index (χ0v) is 11.9. The molecule has 0 saturated carbocycles. The molecule has 1 aliphatic heterocycles. The maximum absolute atomic E-state index is 10.9. The number of aliphatic hydroxyl groups is 1. The van der Waals surface area contributed by atoms with Crippen LogP contribution in [0.4, 0.5) is 0 Å². The van der Waals surface area contributed by atoms with E-state index in [9.17, 15) is 5.11 Å². The lowest BCUT2D eigenvalue weighted by Gasteiger charge is -2.21. The van der Waals surface area contributed by atoms with Crippen molar-refractivity contribution >= 4 is 0 Å². The smallest absolute Gasteiger partial charge is 0.295 e. The Labute approximate surface area is 114 Å². The van der Waals surface area contributed by atoms with Crippen LogP contribution < -0.4 is 4.57 Å². The van der Waals surface area contributed by atoms with Gasteiger partial charge in [-0.3, -0.25) is 0 Å². The van der Waals surface area contributed by atoms with Crippen molar-refractivity contribution in [2.75, 3.05) is 0 Å². The van der Waals surface area contributed by atoms with Gasteiger partial charge in [0.1, 0.15) is 0 Å². The van der Waals surface area contributed by atoms with Crippen molar-refractivity contribution < 1.29 is 9.67 Å². The summed E-state index contributed by atoms with van der Waals surface area (Å²) in [6.45, 7) is 8.44. The molecule has 0 fully saturated rings. The average molecular weight is 254 g/mol. The lowest BCUT2D eigenvalue weighted by Crippen LogP contribution is -2.52. The molecule has 0 saturated heterocycles. The third-order valence-electron chi connectivity index (χ3n) is 4.00. The van der Waals surface area contributed by atoms with Crippen molar-refractivity contribution in [3.05, 3.63) is 53.7 Å². The molecule has 2 nitrogen and oxygen atoms in total. The number of hydrogen-bond acceptors (Lipinski definition) is 1.